The lowest BCUT2D eigenvalue weighted by molar-refractivity contribution is -0.140. The number of carbonyl (C=O) groups is 2. The second-order valence-corrected chi connectivity index (χ2v) is 4.23. The molecule has 0 heterocycles. The summed E-state index contributed by atoms with van der Waals surface area (Å²) >= 11 is 3.54. The summed E-state index contributed by atoms with van der Waals surface area (Å²) in [5, 5.41) is 0. The van der Waals surface area contributed by atoms with Gasteiger partial charge in [0, 0.05) is 0 Å². The zero-order valence-corrected chi connectivity index (χ0v) is 12.1. The zero-order chi connectivity index (χ0) is 11.1. The SMILES string of the molecule is CCOC(=O)/C(I)=C(\I)C(=O)OCC. The van der Waals surface area contributed by atoms with E-state index >= 15 is 0 Å². The fourth-order valence-corrected chi connectivity index (χ4v) is 1.32. The summed E-state index contributed by atoms with van der Waals surface area (Å²) in [6.07, 6.45) is 0. The topological polar surface area (TPSA) is 52.6 Å². The fraction of sp³-hybridized carbons (Fsp3) is 0.500. The summed E-state index contributed by atoms with van der Waals surface area (Å²) in [7, 11) is 0. The summed E-state index contributed by atoms with van der Waals surface area (Å²) in [4.78, 5) is 22.4. The first kappa shape index (κ1) is 14.1. The number of carbonyl (C=O) groups excluding carboxylic acids is 2. The van der Waals surface area contributed by atoms with Crippen LogP contribution in [-0.2, 0) is 19.1 Å². The van der Waals surface area contributed by atoms with Crippen LogP contribution < -0.4 is 0 Å². The third-order valence-corrected chi connectivity index (χ3v) is 4.09. The minimum absolute atomic E-state index is 0.253. The van der Waals surface area contributed by atoms with Gasteiger partial charge >= 0.3 is 11.9 Å². The fourth-order valence-electron chi connectivity index (χ4n) is 0.568. The molecule has 0 rings (SSSR count). The van der Waals surface area contributed by atoms with Crippen molar-refractivity contribution in [1.82, 2.24) is 0 Å². The van der Waals surface area contributed by atoms with E-state index in [1.165, 1.54) is 0 Å². The van der Waals surface area contributed by atoms with Gasteiger partial charge in [-0.05, 0) is 59.0 Å². The Bertz CT molecular complexity index is 234. The van der Waals surface area contributed by atoms with E-state index in [4.69, 9.17) is 9.47 Å². The summed E-state index contributed by atoms with van der Waals surface area (Å²) in [5.41, 5.74) is 0. The van der Waals surface area contributed by atoms with Crippen molar-refractivity contribution in [2.75, 3.05) is 13.2 Å². The van der Waals surface area contributed by atoms with E-state index in [-0.39, 0.29) is 20.4 Å². The molecule has 0 aliphatic rings. The van der Waals surface area contributed by atoms with E-state index in [0.29, 0.717) is 0 Å². The van der Waals surface area contributed by atoms with Crippen LogP contribution in [0.1, 0.15) is 13.8 Å². The molecule has 0 aliphatic carbocycles. The molecule has 0 aromatic carbocycles. The van der Waals surface area contributed by atoms with Gasteiger partial charge < -0.3 is 9.47 Å². The number of ether oxygens (including phenoxy) is 2. The van der Waals surface area contributed by atoms with Gasteiger partial charge in [-0.2, -0.15) is 0 Å². The van der Waals surface area contributed by atoms with Crippen LogP contribution in [0.25, 0.3) is 0 Å². The Morgan fingerprint density at radius 1 is 0.929 bits per heavy atom. The smallest absolute Gasteiger partial charge is 0.345 e. The average molecular weight is 424 g/mol. The monoisotopic (exact) mass is 424 g/mol. The lowest BCUT2D eigenvalue weighted by atomic mass is 10.5. The number of halogens is 2. The molecule has 4 nitrogen and oxygen atoms in total. The average Bonchev–Trinajstić information content (AvgIpc) is 2.16. The van der Waals surface area contributed by atoms with Gasteiger partial charge in [0.1, 0.15) is 7.16 Å². The van der Waals surface area contributed by atoms with Crippen LogP contribution in [0.2, 0.25) is 0 Å². The number of esters is 2. The summed E-state index contributed by atoms with van der Waals surface area (Å²) in [6, 6.07) is 0. The molecule has 0 saturated heterocycles. The molecule has 0 aliphatic heterocycles. The van der Waals surface area contributed by atoms with E-state index in [2.05, 4.69) is 0 Å². The predicted octanol–water partition coefficient (Wildman–Crippen LogP) is 2.19. The molecule has 0 amide bonds. The number of rotatable bonds is 4. The van der Waals surface area contributed by atoms with E-state index in [1.54, 1.807) is 59.0 Å². The highest BCUT2D eigenvalue weighted by atomic mass is 127. The third kappa shape index (κ3) is 4.58. The van der Waals surface area contributed by atoms with Crippen LogP contribution in [-0.4, -0.2) is 25.2 Å². The van der Waals surface area contributed by atoms with Gasteiger partial charge in [-0.15, -0.1) is 0 Å². The Balaban J connectivity index is 4.57. The highest BCUT2D eigenvalue weighted by Crippen LogP contribution is 2.21. The molecule has 6 heteroatoms. The summed E-state index contributed by atoms with van der Waals surface area (Å²) in [6.45, 7) is 3.99. The number of hydrogen-bond donors (Lipinski definition) is 0. The molecule has 0 unspecified atom stereocenters. The summed E-state index contributed by atoms with van der Waals surface area (Å²) < 4.78 is 9.98. The van der Waals surface area contributed by atoms with Gasteiger partial charge in [-0.25, -0.2) is 9.59 Å². The number of hydrogen-bond acceptors (Lipinski definition) is 4. The molecule has 0 aromatic rings. The van der Waals surface area contributed by atoms with Crippen LogP contribution in [0.3, 0.4) is 0 Å². The Labute approximate surface area is 110 Å². The normalized spacial score (nSPS) is 11.7. The first-order valence-corrected chi connectivity index (χ1v) is 6.09. The van der Waals surface area contributed by atoms with Crippen molar-refractivity contribution in [1.29, 1.82) is 0 Å². The maximum atomic E-state index is 11.2. The molecule has 14 heavy (non-hydrogen) atoms. The first-order chi connectivity index (χ1) is 6.54. The van der Waals surface area contributed by atoms with Crippen molar-refractivity contribution >= 4 is 57.1 Å². The van der Waals surface area contributed by atoms with Gasteiger partial charge in [0.2, 0.25) is 0 Å². The van der Waals surface area contributed by atoms with Gasteiger partial charge in [0.15, 0.2) is 0 Å². The van der Waals surface area contributed by atoms with Crippen LogP contribution >= 0.6 is 45.2 Å². The molecule has 0 atom stereocenters. The van der Waals surface area contributed by atoms with Crippen molar-refractivity contribution < 1.29 is 19.1 Å². The van der Waals surface area contributed by atoms with E-state index in [9.17, 15) is 9.59 Å². The Morgan fingerprint density at radius 3 is 1.43 bits per heavy atom. The van der Waals surface area contributed by atoms with E-state index < -0.39 is 11.9 Å². The van der Waals surface area contributed by atoms with Gasteiger partial charge in [-0.3, -0.25) is 0 Å². The van der Waals surface area contributed by atoms with E-state index in [0.717, 1.165) is 0 Å². The second-order valence-electron chi connectivity index (χ2n) is 2.07. The second kappa shape index (κ2) is 7.43. The molecule has 0 aromatic heterocycles. The van der Waals surface area contributed by atoms with Crippen molar-refractivity contribution in [2.24, 2.45) is 0 Å². The molecular formula is C8H10I2O4. The Morgan fingerprint density at radius 2 is 1.21 bits per heavy atom. The molecule has 0 N–H and O–H groups in total. The quantitative estimate of drug-likeness (QED) is 0.395. The molecule has 0 bridgehead atoms. The standard InChI is InChI=1S/C8H10I2O4/c1-3-13-7(11)5(9)6(10)8(12)14-4-2/h3-4H2,1-2H3/b6-5+. The predicted molar refractivity (Wildman–Crippen MR) is 68.3 cm³/mol. The van der Waals surface area contributed by atoms with E-state index in [1.807, 2.05) is 0 Å². The zero-order valence-electron chi connectivity index (χ0n) is 7.80. The van der Waals surface area contributed by atoms with Gasteiger partial charge in [0.05, 0.1) is 13.2 Å². The van der Waals surface area contributed by atoms with Crippen LogP contribution in [0.5, 0.6) is 0 Å². The van der Waals surface area contributed by atoms with Crippen LogP contribution in [0.4, 0.5) is 0 Å². The van der Waals surface area contributed by atoms with Crippen molar-refractivity contribution in [3.63, 3.8) is 0 Å². The van der Waals surface area contributed by atoms with Gasteiger partial charge in [0.25, 0.3) is 0 Å². The third-order valence-electron chi connectivity index (χ3n) is 1.10. The minimum atomic E-state index is -0.495. The lowest BCUT2D eigenvalue weighted by Gasteiger charge is -2.03. The Kier molecular flexibility index (Phi) is 7.51. The maximum Gasteiger partial charge on any atom is 0.345 e. The molecule has 0 radical (unpaired) electrons. The molecular weight excluding hydrogens is 414 g/mol. The lowest BCUT2D eigenvalue weighted by Crippen LogP contribution is -2.10. The highest BCUT2D eigenvalue weighted by Gasteiger charge is 2.18. The maximum absolute atomic E-state index is 11.2. The molecule has 0 spiro atoms. The highest BCUT2D eigenvalue weighted by molar-refractivity contribution is 14.1. The largest absolute Gasteiger partial charge is 0.462 e. The molecule has 0 saturated carbocycles. The Hall–Kier alpha value is 0.140. The van der Waals surface area contributed by atoms with Crippen molar-refractivity contribution in [3.8, 4) is 0 Å². The van der Waals surface area contributed by atoms with Crippen LogP contribution in [0.15, 0.2) is 7.16 Å². The van der Waals surface area contributed by atoms with Crippen molar-refractivity contribution in [2.45, 2.75) is 13.8 Å². The van der Waals surface area contributed by atoms with Gasteiger partial charge in [-0.1, -0.05) is 0 Å². The summed E-state index contributed by atoms with van der Waals surface area (Å²) in [5.74, 6) is -0.990. The van der Waals surface area contributed by atoms with Crippen LogP contribution in [0, 0.1) is 0 Å². The minimum Gasteiger partial charge on any atom is -0.462 e. The molecule has 0 fully saturated rings. The van der Waals surface area contributed by atoms with Crippen molar-refractivity contribution in [3.05, 3.63) is 7.16 Å². The first-order valence-electron chi connectivity index (χ1n) is 3.94. The molecule has 80 valence electrons.